The van der Waals surface area contributed by atoms with Gasteiger partial charge in [0, 0.05) is 5.57 Å². The number of esters is 1. The second-order valence-corrected chi connectivity index (χ2v) is 5.84. The van der Waals surface area contributed by atoms with E-state index in [1.807, 2.05) is 12.1 Å². The van der Waals surface area contributed by atoms with Crippen LogP contribution in [0, 0.1) is 0 Å². The van der Waals surface area contributed by atoms with Gasteiger partial charge in [-0.25, -0.2) is 4.79 Å². The van der Waals surface area contributed by atoms with Gasteiger partial charge in [-0.2, -0.15) is 0 Å². The smallest absolute Gasteiger partial charge is 0.338 e. The van der Waals surface area contributed by atoms with Gasteiger partial charge < -0.3 is 9.47 Å². The average Bonchev–Trinajstić information content (AvgIpc) is 2.50. The molecule has 114 valence electrons. The zero-order valence-corrected chi connectivity index (χ0v) is 13.0. The van der Waals surface area contributed by atoms with Crippen LogP contribution >= 0.6 is 0 Å². The van der Waals surface area contributed by atoms with Gasteiger partial charge >= 0.3 is 5.97 Å². The van der Waals surface area contributed by atoms with Crippen molar-refractivity contribution in [2.24, 2.45) is 0 Å². The van der Waals surface area contributed by atoms with E-state index in [1.54, 1.807) is 19.1 Å². The first-order valence-electron chi connectivity index (χ1n) is 7.71. The first kappa shape index (κ1) is 15.6. The largest absolute Gasteiger partial charge is 0.487 e. The van der Waals surface area contributed by atoms with Crippen molar-refractivity contribution in [2.45, 2.75) is 58.0 Å². The minimum absolute atomic E-state index is 0.0197. The molecule has 2 rings (SSSR count). The summed E-state index contributed by atoms with van der Waals surface area (Å²) in [6.45, 7) is 7.39. The zero-order chi connectivity index (χ0) is 15.3. The Balaban J connectivity index is 2.01. The van der Waals surface area contributed by atoms with Gasteiger partial charge in [0.1, 0.15) is 17.1 Å². The molecule has 0 bridgehead atoms. The zero-order valence-electron chi connectivity index (χ0n) is 13.0. The Kier molecular flexibility index (Phi) is 5.05. The van der Waals surface area contributed by atoms with Crippen LogP contribution in [0.15, 0.2) is 36.4 Å². The van der Waals surface area contributed by atoms with Crippen LogP contribution in [0.4, 0.5) is 0 Å². The van der Waals surface area contributed by atoms with Gasteiger partial charge in [-0.15, -0.1) is 0 Å². The second kappa shape index (κ2) is 6.79. The highest BCUT2D eigenvalue weighted by Gasteiger charge is 2.32. The van der Waals surface area contributed by atoms with Gasteiger partial charge in [-0.3, -0.25) is 0 Å². The maximum absolute atomic E-state index is 11.5. The molecule has 0 heterocycles. The number of rotatable bonds is 5. The van der Waals surface area contributed by atoms with Gasteiger partial charge in [-0.05, 0) is 63.3 Å². The van der Waals surface area contributed by atoms with E-state index in [2.05, 4.69) is 13.5 Å². The Morgan fingerprint density at radius 1 is 1.14 bits per heavy atom. The van der Waals surface area contributed by atoms with Crippen LogP contribution in [0.1, 0.15) is 52.4 Å². The lowest BCUT2D eigenvalue weighted by Crippen LogP contribution is -2.37. The minimum Gasteiger partial charge on any atom is -0.487 e. The molecule has 0 unspecified atom stereocenters. The number of hydrogen-bond acceptors (Lipinski definition) is 3. The molecule has 1 aliphatic rings. The van der Waals surface area contributed by atoms with E-state index in [1.165, 1.54) is 19.3 Å². The van der Waals surface area contributed by atoms with Crippen LogP contribution in [0.5, 0.6) is 11.5 Å². The van der Waals surface area contributed by atoms with Crippen molar-refractivity contribution >= 4 is 5.97 Å². The van der Waals surface area contributed by atoms with Crippen molar-refractivity contribution < 1.29 is 14.3 Å². The van der Waals surface area contributed by atoms with Crippen LogP contribution in [-0.2, 0) is 4.79 Å². The fraction of sp³-hybridized carbons (Fsp3) is 0.500. The van der Waals surface area contributed by atoms with E-state index < -0.39 is 5.97 Å². The van der Waals surface area contributed by atoms with Gasteiger partial charge in [0.15, 0.2) is 0 Å². The molecule has 0 aliphatic heterocycles. The van der Waals surface area contributed by atoms with E-state index >= 15 is 0 Å². The third kappa shape index (κ3) is 4.10. The molecule has 1 aromatic rings. The molecule has 0 atom stereocenters. The maximum Gasteiger partial charge on any atom is 0.338 e. The molecule has 0 N–H and O–H groups in total. The Morgan fingerprint density at radius 2 is 1.71 bits per heavy atom. The molecule has 0 spiro atoms. The summed E-state index contributed by atoms with van der Waals surface area (Å²) >= 11 is 0. The summed E-state index contributed by atoms with van der Waals surface area (Å²) in [6, 6.07) is 7.27. The molecule has 1 saturated carbocycles. The van der Waals surface area contributed by atoms with Gasteiger partial charge in [0.2, 0.25) is 0 Å². The van der Waals surface area contributed by atoms with Crippen LogP contribution in [0.25, 0.3) is 0 Å². The fourth-order valence-corrected chi connectivity index (χ4v) is 2.74. The van der Waals surface area contributed by atoms with Crippen LogP contribution < -0.4 is 9.47 Å². The van der Waals surface area contributed by atoms with Crippen LogP contribution in [-0.4, -0.2) is 11.6 Å². The highest BCUT2D eigenvalue weighted by atomic mass is 16.5. The Hall–Kier alpha value is -1.77. The number of benzene rings is 1. The molecule has 3 heteroatoms. The van der Waals surface area contributed by atoms with E-state index in [9.17, 15) is 4.79 Å². The van der Waals surface area contributed by atoms with E-state index in [0.717, 1.165) is 25.0 Å². The summed E-state index contributed by atoms with van der Waals surface area (Å²) in [5.74, 6) is 0.958. The molecule has 21 heavy (non-hydrogen) atoms. The summed E-state index contributed by atoms with van der Waals surface area (Å²) in [7, 11) is 0. The monoisotopic (exact) mass is 288 g/mol. The quantitative estimate of drug-likeness (QED) is 0.449. The minimum atomic E-state index is -0.402. The summed E-state index contributed by atoms with van der Waals surface area (Å²) in [6.07, 6.45) is 7.05. The molecule has 0 radical (unpaired) electrons. The maximum atomic E-state index is 11.5. The topological polar surface area (TPSA) is 35.5 Å². The molecule has 1 fully saturated rings. The molecule has 3 nitrogen and oxygen atoms in total. The SMILES string of the molecule is C=C(C)C(=O)Oc1ccc(OC2(CC)CCCCC2)cc1. The lowest BCUT2D eigenvalue weighted by Gasteiger charge is -2.37. The van der Waals surface area contributed by atoms with E-state index in [0.29, 0.717) is 11.3 Å². The van der Waals surface area contributed by atoms with Crippen LogP contribution in [0.3, 0.4) is 0 Å². The summed E-state index contributed by atoms with van der Waals surface area (Å²) in [5, 5.41) is 0. The first-order chi connectivity index (χ1) is 10.0. The number of ether oxygens (including phenoxy) is 2. The summed E-state index contributed by atoms with van der Waals surface area (Å²) in [4.78, 5) is 11.5. The Morgan fingerprint density at radius 3 is 2.24 bits per heavy atom. The molecule has 1 aliphatic carbocycles. The third-order valence-corrected chi connectivity index (χ3v) is 4.13. The predicted molar refractivity (Wildman–Crippen MR) is 83.6 cm³/mol. The highest BCUT2D eigenvalue weighted by Crippen LogP contribution is 2.35. The van der Waals surface area contributed by atoms with Gasteiger partial charge in [0.05, 0.1) is 0 Å². The average molecular weight is 288 g/mol. The number of hydrogen-bond donors (Lipinski definition) is 0. The first-order valence-corrected chi connectivity index (χ1v) is 7.71. The fourth-order valence-electron chi connectivity index (χ4n) is 2.74. The Bertz CT molecular complexity index is 496. The van der Waals surface area contributed by atoms with E-state index in [-0.39, 0.29) is 5.60 Å². The lowest BCUT2D eigenvalue weighted by atomic mass is 9.82. The van der Waals surface area contributed by atoms with Gasteiger partial charge in [0.25, 0.3) is 0 Å². The number of carbonyl (C=O) groups is 1. The second-order valence-electron chi connectivity index (χ2n) is 5.84. The summed E-state index contributed by atoms with van der Waals surface area (Å²) in [5.41, 5.74) is 0.371. The Labute approximate surface area is 127 Å². The normalized spacial score (nSPS) is 17.0. The van der Waals surface area contributed by atoms with Crippen molar-refractivity contribution in [3.05, 3.63) is 36.4 Å². The molecular formula is C18H24O3. The van der Waals surface area contributed by atoms with Crippen molar-refractivity contribution in [3.63, 3.8) is 0 Å². The number of carbonyl (C=O) groups excluding carboxylic acids is 1. The lowest BCUT2D eigenvalue weighted by molar-refractivity contribution is -0.130. The van der Waals surface area contributed by atoms with E-state index in [4.69, 9.17) is 9.47 Å². The third-order valence-electron chi connectivity index (χ3n) is 4.13. The van der Waals surface area contributed by atoms with Crippen molar-refractivity contribution in [1.29, 1.82) is 0 Å². The molecule has 1 aromatic carbocycles. The van der Waals surface area contributed by atoms with Crippen LogP contribution in [0.2, 0.25) is 0 Å². The standard InChI is InChI=1S/C18H24O3/c1-4-18(12-6-5-7-13-18)21-16-10-8-15(9-11-16)20-17(19)14(2)3/h8-11H,2,4-7,12-13H2,1,3H3. The molecule has 0 amide bonds. The molecule has 0 aromatic heterocycles. The molecule has 0 saturated heterocycles. The predicted octanol–water partition coefficient (Wildman–Crippen LogP) is 4.66. The molecular weight excluding hydrogens is 264 g/mol. The van der Waals surface area contributed by atoms with Crippen molar-refractivity contribution in [1.82, 2.24) is 0 Å². The van der Waals surface area contributed by atoms with Crippen molar-refractivity contribution in [2.75, 3.05) is 0 Å². The highest BCUT2D eigenvalue weighted by molar-refractivity contribution is 5.88. The summed E-state index contributed by atoms with van der Waals surface area (Å²) < 4.78 is 11.4. The van der Waals surface area contributed by atoms with Gasteiger partial charge in [-0.1, -0.05) is 19.9 Å². The van der Waals surface area contributed by atoms with Crippen molar-refractivity contribution in [3.8, 4) is 11.5 Å².